The predicted octanol–water partition coefficient (Wildman–Crippen LogP) is 5.08. The summed E-state index contributed by atoms with van der Waals surface area (Å²) in [6, 6.07) is 5.32. The first-order valence-electron chi connectivity index (χ1n) is 8.19. The van der Waals surface area contributed by atoms with E-state index in [4.69, 9.17) is 0 Å². The Hall–Kier alpha value is -3.32. The highest BCUT2D eigenvalue weighted by Gasteiger charge is 2.84. The van der Waals surface area contributed by atoms with Gasteiger partial charge in [-0.05, 0) is 36.4 Å². The smallest absolute Gasteiger partial charge is 0.321 e. The number of carbonyl (C=O) groups excluding carboxylic acids is 2. The monoisotopic (exact) mass is 476 g/mol. The molecule has 174 valence electrons. The van der Waals surface area contributed by atoms with Crippen LogP contribution in [0.1, 0.15) is 0 Å². The summed E-state index contributed by atoms with van der Waals surface area (Å²) in [4.78, 5) is 23.0. The molecule has 2 amide bonds. The standard InChI is InChI=1S/C18H10F10N2O2/c19-9-3-1-5-11(7-9)29-13(31)15(21,22)17(25,26)18(27,28)16(23,24)14(32)30-12-6-2-4-10(20)8-12/h1-8H,(H,29,31)(H,30,32). The Kier molecular flexibility index (Phi) is 6.48. The summed E-state index contributed by atoms with van der Waals surface area (Å²) in [6.45, 7) is 0. The average molecular weight is 476 g/mol. The van der Waals surface area contributed by atoms with E-state index in [0.717, 1.165) is 34.9 Å². The van der Waals surface area contributed by atoms with Crippen molar-refractivity contribution in [2.24, 2.45) is 0 Å². The van der Waals surface area contributed by atoms with Gasteiger partial charge >= 0.3 is 35.5 Å². The number of amides is 2. The molecule has 2 rings (SSSR count). The van der Waals surface area contributed by atoms with Crippen LogP contribution in [-0.4, -0.2) is 35.5 Å². The van der Waals surface area contributed by atoms with Crippen LogP contribution >= 0.6 is 0 Å². The van der Waals surface area contributed by atoms with E-state index >= 15 is 0 Å². The molecule has 2 aromatic carbocycles. The van der Waals surface area contributed by atoms with Crippen LogP contribution in [-0.2, 0) is 9.59 Å². The molecule has 0 saturated carbocycles. The van der Waals surface area contributed by atoms with Crippen molar-refractivity contribution in [2.75, 3.05) is 10.6 Å². The van der Waals surface area contributed by atoms with Crippen molar-refractivity contribution < 1.29 is 53.5 Å². The highest BCUT2D eigenvalue weighted by molar-refractivity contribution is 5.99. The van der Waals surface area contributed by atoms with Gasteiger partial charge in [0.1, 0.15) is 11.6 Å². The largest absolute Gasteiger partial charge is 0.393 e. The Morgan fingerprint density at radius 3 is 1.19 bits per heavy atom. The van der Waals surface area contributed by atoms with Crippen molar-refractivity contribution in [1.82, 2.24) is 0 Å². The molecule has 0 bridgehead atoms. The minimum absolute atomic E-state index is 0.352. The van der Waals surface area contributed by atoms with E-state index in [1.807, 2.05) is 0 Å². The van der Waals surface area contributed by atoms with Crippen LogP contribution in [0.3, 0.4) is 0 Å². The molecule has 2 N–H and O–H groups in total. The van der Waals surface area contributed by atoms with Crippen LogP contribution in [0.25, 0.3) is 0 Å². The fourth-order valence-corrected chi connectivity index (χ4v) is 2.23. The molecule has 2 aromatic rings. The molecule has 32 heavy (non-hydrogen) atoms. The quantitative estimate of drug-likeness (QED) is 0.548. The lowest BCUT2D eigenvalue weighted by Crippen LogP contribution is -2.67. The number of alkyl halides is 8. The van der Waals surface area contributed by atoms with Gasteiger partial charge in [0.05, 0.1) is 0 Å². The molecular weight excluding hydrogens is 466 g/mol. The van der Waals surface area contributed by atoms with Crippen molar-refractivity contribution in [1.29, 1.82) is 0 Å². The number of benzene rings is 2. The molecule has 0 fully saturated rings. The summed E-state index contributed by atoms with van der Waals surface area (Å²) < 4.78 is 137. The summed E-state index contributed by atoms with van der Waals surface area (Å²) in [5.74, 6) is -35.8. The minimum Gasteiger partial charge on any atom is -0.321 e. The van der Waals surface area contributed by atoms with Gasteiger partial charge in [0.2, 0.25) is 0 Å². The SMILES string of the molecule is O=C(Nc1cccc(F)c1)C(F)(F)C(F)(F)C(F)(F)C(F)(F)C(=O)Nc1cccc(F)c1. The fourth-order valence-electron chi connectivity index (χ4n) is 2.23. The molecule has 0 aliphatic heterocycles. The molecule has 0 atom stereocenters. The summed E-state index contributed by atoms with van der Waals surface area (Å²) in [7, 11) is 0. The number of carbonyl (C=O) groups is 2. The maximum Gasteiger partial charge on any atom is 0.393 e. The van der Waals surface area contributed by atoms with E-state index in [0.29, 0.717) is 24.3 Å². The summed E-state index contributed by atoms with van der Waals surface area (Å²) in [5.41, 5.74) is -1.74. The first-order valence-corrected chi connectivity index (χ1v) is 8.19. The highest BCUT2D eigenvalue weighted by atomic mass is 19.4. The van der Waals surface area contributed by atoms with Crippen molar-refractivity contribution in [3.8, 4) is 0 Å². The first-order chi connectivity index (χ1) is 14.5. The number of rotatable bonds is 7. The van der Waals surface area contributed by atoms with Crippen molar-refractivity contribution in [2.45, 2.75) is 23.7 Å². The normalized spacial score (nSPS) is 12.9. The summed E-state index contributed by atoms with van der Waals surface area (Å²) >= 11 is 0. The molecule has 0 unspecified atom stereocenters. The molecule has 0 heterocycles. The number of hydrogen-bond donors (Lipinski definition) is 2. The maximum absolute atomic E-state index is 13.9. The Morgan fingerprint density at radius 1 is 0.594 bits per heavy atom. The zero-order valence-electron chi connectivity index (χ0n) is 15.2. The maximum atomic E-state index is 13.9. The van der Waals surface area contributed by atoms with Gasteiger partial charge in [-0.2, -0.15) is 35.1 Å². The van der Waals surface area contributed by atoms with Crippen molar-refractivity contribution in [3.05, 3.63) is 60.2 Å². The van der Waals surface area contributed by atoms with E-state index in [1.165, 1.54) is 0 Å². The Morgan fingerprint density at radius 2 is 0.906 bits per heavy atom. The van der Waals surface area contributed by atoms with Crippen molar-refractivity contribution >= 4 is 23.2 Å². The van der Waals surface area contributed by atoms with Gasteiger partial charge in [0.25, 0.3) is 0 Å². The second-order valence-electron chi connectivity index (χ2n) is 6.23. The van der Waals surface area contributed by atoms with Gasteiger partial charge in [0, 0.05) is 11.4 Å². The number of hydrogen-bond acceptors (Lipinski definition) is 2. The number of halogens is 10. The van der Waals surface area contributed by atoms with Crippen LogP contribution < -0.4 is 10.6 Å². The second kappa shape index (κ2) is 8.31. The predicted molar refractivity (Wildman–Crippen MR) is 89.8 cm³/mol. The topological polar surface area (TPSA) is 58.2 Å². The third-order valence-corrected chi connectivity index (χ3v) is 3.92. The van der Waals surface area contributed by atoms with Gasteiger partial charge in [-0.15, -0.1) is 0 Å². The minimum atomic E-state index is -7.11. The van der Waals surface area contributed by atoms with Gasteiger partial charge in [-0.3, -0.25) is 9.59 Å². The Balaban J connectivity index is 2.33. The lowest BCUT2D eigenvalue weighted by atomic mass is 9.97. The van der Waals surface area contributed by atoms with Crippen molar-refractivity contribution in [3.63, 3.8) is 0 Å². The number of nitrogens with one attached hydrogen (secondary N) is 2. The molecule has 0 spiro atoms. The summed E-state index contributed by atoms with van der Waals surface area (Å²) in [6.07, 6.45) is 0. The zero-order valence-corrected chi connectivity index (χ0v) is 15.2. The molecule has 0 aromatic heterocycles. The van der Waals surface area contributed by atoms with Gasteiger partial charge in [0.15, 0.2) is 0 Å². The number of anilines is 2. The molecular formula is C18H10F10N2O2. The lowest BCUT2D eigenvalue weighted by molar-refractivity contribution is -0.345. The molecule has 0 aliphatic rings. The fraction of sp³-hybridized carbons (Fsp3) is 0.222. The Bertz CT molecular complexity index is 945. The molecule has 4 nitrogen and oxygen atoms in total. The third kappa shape index (κ3) is 4.34. The van der Waals surface area contributed by atoms with E-state index in [9.17, 15) is 53.5 Å². The van der Waals surface area contributed by atoms with Crippen LogP contribution in [0, 0.1) is 11.6 Å². The van der Waals surface area contributed by atoms with Crippen LogP contribution in [0.15, 0.2) is 48.5 Å². The van der Waals surface area contributed by atoms with E-state index in [1.54, 1.807) is 0 Å². The van der Waals surface area contributed by atoms with E-state index in [-0.39, 0.29) is 0 Å². The molecule has 0 radical (unpaired) electrons. The van der Waals surface area contributed by atoms with Crippen LogP contribution in [0.4, 0.5) is 55.3 Å². The van der Waals surface area contributed by atoms with Gasteiger partial charge in [-0.1, -0.05) is 12.1 Å². The summed E-state index contributed by atoms with van der Waals surface area (Å²) in [5, 5.41) is 2.00. The molecule has 0 saturated heterocycles. The zero-order chi connectivity index (χ0) is 24.5. The van der Waals surface area contributed by atoms with Gasteiger partial charge < -0.3 is 10.6 Å². The third-order valence-electron chi connectivity index (χ3n) is 3.92. The molecule has 14 heteroatoms. The second-order valence-corrected chi connectivity index (χ2v) is 6.23. The van der Waals surface area contributed by atoms with E-state index in [2.05, 4.69) is 0 Å². The Labute approximate surface area is 172 Å². The first kappa shape index (κ1) is 24.9. The van der Waals surface area contributed by atoms with E-state index < -0.39 is 58.5 Å². The average Bonchev–Trinajstić information content (AvgIpc) is 2.67. The van der Waals surface area contributed by atoms with Crippen LogP contribution in [0.5, 0.6) is 0 Å². The molecule has 0 aliphatic carbocycles. The lowest BCUT2D eigenvalue weighted by Gasteiger charge is -2.35. The highest BCUT2D eigenvalue weighted by Crippen LogP contribution is 2.53. The van der Waals surface area contributed by atoms with Crippen LogP contribution in [0.2, 0.25) is 0 Å². The van der Waals surface area contributed by atoms with Gasteiger partial charge in [-0.25, -0.2) is 8.78 Å².